The zero-order chi connectivity index (χ0) is 20.9. The number of rotatable bonds is 4. The van der Waals surface area contributed by atoms with E-state index in [2.05, 4.69) is 5.32 Å². The van der Waals surface area contributed by atoms with Crippen molar-refractivity contribution in [2.75, 3.05) is 36.4 Å². The van der Waals surface area contributed by atoms with Crippen LogP contribution in [-0.2, 0) is 0 Å². The molecular formula is C24H22FN3O2. The van der Waals surface area contributed by atoms with Gasteiger partial charge in [0.15, 0.2) is 0 Å². The monoisotopic (exact) mass is 403 g/mol. The lowest BCUT2D eigenvalue weighted by Gasteiger charge is -2.36. The molecule has 0 saturated carbocycles. The molecular weight excluding hydrogens is 381 g/mol. The molecule has 1 aliphatic heterocycles. The van der Waals surface area contributed by atoms with Gasteiger partial charge in [0.2, 0.25) is 0 Å². The van der Waals surface area contributed by atoms with Crippen molar-refractivity contribution in [3.8, 4) is 0 Å². The first-order valence-electron chi connectivity index (χ1n) is 9.87. The van der Waals surface area contributed by atoms with Crippen LogP contribution in [0.4, 0.5) is 15.8 Å². The van der Waals surface area contributed by atoms with Gasteiger partial charge < -0.3 is 15.1 Å². The minimum atomic E-state index is -0.264. The maximum Gasteiger partial charge on any atom is 0.256 e. The Morgan fingerprint density at radius 1 is 0.767 bits per heavy atom. The van der Waals surface area contributed by atoms with E-state index in [1.165, 1.54) is 6.07 Å². The molecule has 1 aliphatic rings. The molecule has 0 atom stereocenters. The number of carbonyl (C=O) groups excluding carboxylic acids is 2. The molecule has 4 rings (SSSR count). The van der Waals surface area contributed by atoms with Gasteiger partial charge in [-0.2, -0.15) is 0 Å². The van der Waals surface area contributed by atoms with Gasteiger partial charge in [0, 0.05) is 31.7 Å². The van der Waals surface area contributed by atoms with Gasteiger partial charge in [0.25, 0.3) is 11.8 Å². The number of hydrogen-bond donors (Lipinski definition) is 1. The summed E-state index contributed by atoms with van der Waals surface area (Å²) in [7, 11) is 0. The molecule has 1 saturated heterocycles. The van der Waals surface area contributed by atoms with Crippen LogP contribution in [0.25, 0.3) is 0 Å². The Morgan fingerprint density at radius 3 is 2.13 bits per heavy atom. The number of nitrogens with one attached hydrogen (secondary N) is 1. The molecule has 0 spiro atoms. The van der Waals surface area contributed by atoms with Gasteiger partial charge in [-0.15, -0.1) is 0 Å². The molecule has 0 radical (unpaired) electrons. The molecule has 30 heavy (non-hydrogen) atoms. The van der Waals surface area contributed by atoms with E-state index >= 15 is 0 Å². The lowest BCUT2D eigenvalue weighted by Crippen LogP contribution is -2.49. The normalized spacial score (nSPS) is 13.8. The highest BCUT2D eigenvalue weighted by atomic mass is 19.1. The van der Waals surface area contributed by atoms with E-state index in [1.54, 1.807) is 65.6 Å². The Labute approximate surface area is 174 Å². The van der Waals surface area contributed by atoms with Crippen molar-refractivity contribution in [2.45, 2.75) is 0 Å². The fourth-order valence-electron chi connectivity index (χ4n) is 3.59. The summed E-state index contributed by atoms with van der Waals surface area (Å²) in [6.07, 6.45) is 0. The molecule has 5 nitrogen and oxygen atoms in total. The molecule has 152 valence electrons. The van der Waals surface area contributed by atoms with Gasteiger partial charge in [-0.25, -0.2) is 4.39 Å². The third-order valence-electron chi connectivity index (χ3n) is 5.20. The van der Waals surface area contributed by atoms with Crippen molar-refractivity contribution in [2.24, 2.45) is 0 Å². The van der Waals surface area contributed by atoms with E-state index < -0.39 is 0 Å². The van der Waals surface area contributed by atoms with Crippen molar-refractivity contribution in [1.82, 2.24) is 4.90 Å². The topological polar surface area (TPSA) is 52.7 Å². The van der Waals surface area contributed by atoms with Crippen LogP contribution in [0, 0.1) is 5.82 Å². The second-order valence-corrected chi connectivity index (χ2v) is 7.10. The van der Waals surface area contributed by atoms with Crippen molar-refractivity contribution in [1.29, 1.82) is 0 Å². The number of halogens is 1. The minimum absolute atomic E-state index is 0.146. The Morgan fingerprint density at radius 2 is 1.40 bits per heavy atom. The van der Waals surface area contributed by atoms with Gasteiger partial charge in [-0.3, -0.25) is 9.59 Å². The quantitative estimate of drug-likeness (QED) is 0.715. The first-order chi connectivity index (χ1) is 14.6. The number of hydrogen-bond acceptors (Lipinski definition) is 3. The summed E-state index contributed by atoms with van der Waals surface area (Å²) in [6.45, 7) is 2.05. The first-order valence-corrected chi connectivity index (χ1v) is 9.87. The van der Waals surface area contributed by atoms with Crippen LogP contribution in [0.3, 0.4) is 0 Å². The van der Waals surface area contributed by atoms with Crippen LogP contribution < -0.4 is 10.2 Å². The van der Waals surface area contributed by atoms with Gasteiger partial charge >= 0.3 is 0 Å². The highest BCUT2D eigenvalue weighted by molar-refractivity contribution is 6.09. The first kappa shape index (κ1) is 19.6. The molecule has 2 amide bonds. The van der Waals surface area contributed by atoms with E-state index in [0.717, 1.165) is 0 Å². The van der Waals surface area contributed by atoms with Crippen LogP contribution in [0.15, 0.2) is 78.9 Å². The van der Waals surface area contributed by atoms with Gasteiger partial charge in [-0.1, -0.05) is 42.5 Å². The lowest BCUT2D eigenvalue weighted by atomic mass is 10.1. The number of nitrogens with zero attached hydrogens (tertiary/aromatic N) is 2. The minimum Gasteiger partial charge on any atom is -0.366 e. The number of amides is 2. The Kier molecular flexibility index (Phi) is 5.75. The predicted octanol–water partition coefficient (Wildman–Crippen LogP) is 4.04. The smallest absolute Gasteiger partial charge is 0.256 e. The molecule has 0 aromatic heterocycles. The number of benzene rings is 3. The average Bonchev–Trinajstić information content (AvgIpc) is 2.80. The summed E-state index contributed by atoms with van der Waals surface area (Å²) >= 11 is 0. The Hall–Kier alpha value is -3.67. The van der Waals surface area contributed by atoms with Crippen LogP contribution >= 0.6 is 0 Å². The number of anilines is 2. The highest BCUT2D eigenvalue weighted by Gasteiger charge is 2.25. The Balaban J connectivity index is 1.46. The van der Waals surface area contributed by atoms with E-state index in [4.69, 9.17) is 0 Å². The van der Waals surface area contributed by atoms with Crippen molar-refractivity contribution >= 4 is 23.2 Å². The SMILES string of the molecule is O=C(Nc1ccccc1C(=O)N1CCN(c2ccccc2F)CC1)c1ccccc1. The van der Waals surface area contributed by atoms with Crippen LogP contribution in [0.1, 0.15) is 20.7 Å². The second kappa shape index (κ2) is 8.78. The summed E-state index contributed by atoms with van der Waals surface area (Å²) in [5.41, 5.74) is 2.01. The van der Waals surface area contributed by atoms with Gasteiger partial charge in [-0.05, 0) is 36.4 Å². The maximum absolute atomic E-state index is 14.0. The molecule has 0 unspecified atom stereocenters. The van der Waals surface area contributed by atoms with Crippen LogP contribution in [-0.4, -0.2) is 42.9 Å². The van der Waals surface area contributed by atoms with Crippen molar-refractivity contribution in [3.63, 3.8) is 0 Å². The molecule has 3 aromatic rings. The summed E-state index contributed by atoms with van der Waals surface area (Å²) in [4.78, 5) is 29.3. The number of para-hydroxylation sites is 2. The zero-order valence-corrected chi connectivity index (χ0v) is 16.4. The lowest BCUT2D eigenvalue weighted by molar-refractivity contribution is 0.0747. The maximum atomic E-state index is 14.0. The summed E-state index contributed by atoms with van der Waals surface area (Å²) < 4.78 is 14.0. The highest BCUT2D eigenvalue weighted by Crippen LogP contribution is 2.23. The van der Waals surface area contributed by atoms with Gasteiger partial charge in [0.1, 0.15) is 5.82 Å². The van der Waals surface area contributed by atoms with Crippen molar-refractivity contribution < 1.29 is 14.0 Å². The molecule has 3 aromatic carbocycles. The zero-order valence-electron chi connectivity index (χ0n) is 16.4. The van der Waals surface area contributed by atoms with E-state index in [1.807, 2.05) is 17.0 Å². The van der Waals surface area contributed by atoms with E-state index in [0.29, 0.717) is 48.7 Å². The molecule has 6 heteroatoms. The summed E-state index contributed by atoms with van der Waals surface area (Å²) in [5, 5.41) is 2.84. The largest absolute Gasteiger partial charge is 0.366 e. The van der Waals surface area contributed by atoms with E-state index in [9.17, 15) is 14.0 Å². The summed E-state index contributed by atoms with van der Waals surface area (Å²) in [6, 6.07) is 22.5. The average molecular weight is 403 g/mol. The molecule has 1 heterocycles. The van der Waals surface area contributed by atoms with Crippen LogP contribution in [0.2, 0.25) is 0 Å². The standard InChI is InChI=1S/C24H22FN3O2/c25-20-11-5-7-13-22(20)27-14-16-28(17-15-27)24(30)19-10-4-6-12-21(19)26-23(29)18-8-2-1-3-9-18/h1-13H,14-17H2,(H,26,29). The number of piperazine rings is 1. The molecule has 1 fully saturated rings. The Bertz CT molecular complexity index is 1050. The fraction of sp³-hybridized carbons (Fsp3) is 0.167. The molecule has 1 N–H and O–H groups in total. The third kappa shape index (κ3) is 4.17. The molecule has 0 bridgehead atoms. The predicted molar refractivity (Wildman–Crippen MR) is 115 cm³/mol. The number of carbonyl (C=O) groups is 2. The third-order valence-corrected chi connectivity index (χ3v) is 5.20. The fourth-order valence-corrected chi connectivity index (χ4v) is 3.59. The van der Waals surface area contributed by atoms with Crippen LogP contribution in [0.5, 0.6) is 0 Å². The second-order valence-electron chi connectivity index (χ2n) is 7.10. The summed E-state index contributed by atoms with van der Waals surface area (Å²) in [5.74, 6) is -0.668. The van der Waals surface area contributed by atoms with Gasteiger partial charge in [0.05, 0.1) is 16.9 Å². The van der Waals surface area contributed by atoms with Crippen molar-refractivity contribution in [3.05, 3.63) is 95.8 Å². The van der Waals surface area contributed by atoms with E-state index in [-0.39, 0.29) is 17.6 Å². The molecule has 0 aliphatic carbocycles.